The quantitative estimate of drug-likeness (QED) is 0.641. The van der Waals surface area contributed by atoms with E-state index in [9.17, 15) is 4.79 Å². The van der Waals surface area contributed by atoms with E-state index < -0.39 is 6.10 Å². The number of rotatable bonds is 8. The third kappa shape index (κ3) is 6.13. The summed E-state index contributed by atoms with van der Waals surface area (Å²) < 4.78 is 6.08. The van der Waals surface area contributed by atoms with Crippen LogP contribution in [0.5, 0.6) is 5.75 Å². The first-order valence-electron chi connectivity index (χ1n) is 9.90. The maximum atomic E-state index is 12.8. The molecule has 2 atom stereocenters. The van der Waals surface area contributed by atoms with Crippen molar-refractivity contribution in [1.29, 1.82) is 0 Å². The van der Waals surface area contributed by atoms with E-state index in [4.69, 9.17) is 4.74 Å². The van der Waals surface area contributed by atoms with Gasteiger partial charge in [-0.15, -0.1) is 0 Å². The van der Waals surface area contributed by atoms with E-state index in [0.717, 1.165) is 28.9 Å². The number of carbonyl (C=O) groups excluding carboxylic acids is 1. The van der Waals surface area contributed by atoms with Crippen molar-refractivity contribution in [2.24, 2.45) is 5.92 Å². The standard InChI is InChI=1S/C24H33NO2/c1-16(2)14-22(20-10-8-7-9-11-20)25-24(26)19(6)27-23-15-18(5)12-13-21(23)17(3)4/h7-13,15-17,19,22H,14H2,1-6H3,(H,25,26). The topological polar surface area (TPSA) is 38.3 Å². The Hall–Kier alpha value is -2.29. The van der Waals surface area contributed by atoms with E-state index in [1.165, 1.54) is 0 Å². The predicted molar refractivity (Wildman–Crippen MR) is 112 cm³/mol. The summed E-state index contributed by atoms with van der Waals surface area (Å²) in [5, 5.41) is 3.18. The summed E-state index contributed by atoms with van der Waals surface area (Å²) in [4.78, 5) is 12.8. The van der Waals surface area contributed by atoms with Crippen LogP contribution in [0.25, 0.3) is 0 Å². The highest BCUT2D eigenvalue weighted by Gasteiger charge is 2.22. The largest absolute Gasteiger partial charge is 0.481 e. The average Bonchev–Trinajstić information content (AvgIpc) is 2.61. The van der Waals surface area contributed by atoms with Crippen molar-refractivity contribution < 1.29 is 9.53 Å². The normalized spacial score (nSPS) is 13.5. The maximum absolute atomic E-state index is 12.8. The summed E-state index contributed by atoms with van der Waals surface area (Å²) in [6.45, 7) is 12.5. The summed E-state index contributed by atoms with van der Waals surface area (Å²) in [7, 11) is 0. The van der Waals surface area contributed by atoms with Crippen LogP contribution < -0.4 is 10.1 Å². The van der Waals surface area contributed by atoms with Crippen LogP contribution in [0.15, 0.2) is 48.5 Å². The third-order valence-corrected chi connectivity index (χ3v) is 4.69. The molecule has 0 aliphatic carbocycles. The number of carbonyl (C=O) groups is 1. The average molecular weight is 368 g/mol. The van der Waals surface area contributed by atoms with Crippen molar-refractivity contribution in [2.75, 3.05) is 0 Å². The summed E-state index contributed by atoms with van der Waals surface area (Å²) in [6.07, 6.45) is 0.340. The Morgan fingerprint density at radius 3 is 2.26 bits per heavy atom. The molecule has 0 radical (unpaired) electrons. The minimum absolute atomic E-state index is 0.00757. The van der Waals surface area contributed by atoms with Gasteiger partial charge in [-0.3, -0.25) is 4.79 Å². The molecule has 1 amide bonds. The van der Waals surface area contributed by atoms with Crippen LogP contribution in [0.3, 0.4) is 0 Å². The van der Waals surface area contributed by atoms with Gasteiger partial charge in [-0.2, -0.15) is 0 Å². The van der Waals surface area contributed by atoms with Gasteiger partial charge >= 0.3 is 0 Å². The molecule has 2 rings (SSSR count). The minimum Gasteiger partial charge on any atom is -0.481 e. The number of amides is 1. The highest BCUT2D eigenvalue weighted by molar-refractivity contribution is 5.81. The van der Waals surface area contributed by atoms with Crippen molar-refractivity contribution in [3.63, 3.8) is 0 Å². The zero-order valence-corrected chi connectivity index (χ0v) is 17.5. The van der Waals surface area contributed by atoms with Gasteiger partial charge in [0.1, 0.15) is 5.75 Å². The molecule has 0 aliphatic rings. The molecule has 2 aromatic carbocycles. The van der Waals surface area contributed by atoms with Gasteiger partial charge in [-0.25, -0.2) is 0 Å². The number of nitrogens with one attached hydrogen (secondary N) is 1. The monoisotopic (exact) mass is 367 g/mol. The van der Waals surface area contributed by atoms with Gasteiger partial charge in [0.2, 0.25) is 0 Å². The van der Waals surface area contributed by atoms with Crippen LogP contribution in [-0.2, 0) is 4.79 Å². The molecule has 146 valence electrons. The lowest BCUT2D eigenvalue weighted by molar-refractivity contribution is -0.128. The Labute approximate surface area is 164 Å². The fraction of sp³-hybridized carbons (Fsp3) is 0.458. The number of hydrogen-bond acceptors (Lipinski definition) is 2. The number of hydrogen-bond donors (Lipinski definition) is 1. The molecule has 2 unspecified atom stereocenters. The molecule has 0 fully saturated rings. The molecule has 0 saturated carbocycles. The Morgan fingerprint density at radius 2 is 1.67 bits per heavy atom. The lowest BCUT2D eigenvalue weighted by Crippen LogP contribution is -2.39. The van der Waals surface area contributed by atoms with E-state index in [-0.39, 0.29) is 11.9 Å². The molecule has 0 aliphatic heterocycles. The molecule has 0 heterocycles. The smallest absolute Gasteiger partial charge is 0.261 e. The maximum Gasteiger partial charge on any atom is 0.261 e. The van der Waals surface area contributed by atoms with Gasteiger partial charge in [-0.1, -0.05) is 70.2 Å². The highest BCUT2D eigenvalue weighted by atomic mass is 16.5. The Balaban J connectivity index is 2.13. The van der Waals surface area contributed by atoms with E-state index in [1.54, 1.807) is 0 Å². The molecule has 0 bridgehead atoms. The van der Waals surface area contributed by atoms with Gasteiger partial charge in [-0.05, 0) is 54.9 Å². The van der Waals surface area contributed by atoms with Gasteiger partial charge in [0, 0.05) is 0 Å². The molecule has 0 aromatic heterocycles. The molecular formula is C24H33NO2. The molecule has 0 spiro atoms. The zero-order valence-electron chi connectivity index (χ0n) is 17.5. The van der Waals surface area contributed by atoms with Crippen LogP contribution in [0.4, 0.5) is 0 Å². The first-order chi connectivity index (χ1) is 12.8. The second-order valence-corrected chi connectivity index (χ2v) is 8.06. The number of benzene rings is 2. The minimum atomic E-state index is -0.553. The second kappa shape index (κ2) is 9.59. The highest BCUT2D eigenvalue weighted by Crippen LogP contribution is 2.28. The first-order valence-corrected chi connectivity index (χ1v) is 9.90. The molecule has 1 N–H and O–H groups in total. The van der Waals surface area contributed by atoms with E-state index >= 15 is 0 Å². The fourth-order valence-corrected chi connectivity index (χ4v) is 3.19. The Bertz CT molecular complexity index is 737. The van der Waals surface area contributed by atoms with Crippen LogP contribution in [0.1, 0.15) is 69.7 Å². The van der Waals surface area contributed by atoms with Crippen molar-refractivity contribution in [3.05, 3.63) is 65.2 Å². The van der Waals surface area contributed by atoms with E-state index in [2.05, 4.69) is 57.3 Å². The Morgan fingerprint density at radius 1 is 1.00 bits per heavy atom. The zero-order chi connectivity index (χ0) is 20.0. The SMILES string of the molecule is Cc1ccc(C(C)C)c(OC(C)C(=O)NC(CC(C)C)c2ccccc2)c1. The number of aryl methyl sites for hydroxylation is 1. The Kier molecular flexibility index (Phi) is 7.46. The summed E-state index contributed by atoms with van der Waals surface area (Å²) in [6, 6.07) is 16.3. The third-order valence-electron chi connectivity index (χ3n) is 4.69. The number of ether oxygens (including phenoxy) is 1. The van der Waals surface area contributed by atoms with Crippen molar-refractivity contribution in [2.45, 2.75) is 66.0 Å². The van der Waals surface area contributed by atoms with Gasteiger partial charge in [0.25, 0.3) is 5.91 Å². The second-order valence-electron chi connectivity index (χ2n) is 8.06. The van der Waals surface area contributed by atoms with Gasteiger partial charge in [0.15, 0.2) is 6.10 Å². The predicted octanol–water partition coefficient (Wildman–Crippen LogP) is 5.79. The van der Waals surface area contributed by atoms with Crippen LogP contribution in [0.2, 0.25) is 0 Å². The molecule has 27 heavy (non-hydrogen) atoms. The van der Waals surface area contributed by atoms with Crippen LogP contribution >= 0.6 is 0 Å². The summed E-state index contributed by atoms with van der Waals surface area (Å²) in [5.74, 6) is 1.54. The molecule has 3 heteroatoms. The summed E-state index contributed by atoms with van der Waals surface area (Å²) >= 11 is 0. The summed E-state index contributed by atoms with van der Waals surface area (Å²) in [5.41, 5.74) is 3.39. The lowest BCUT2D eigenvalue weighted by Gasteiger charge is -2.24. The molecule has 2 aromatic rings. The van der Waals surface area contributed by atoms with Crippen molar-refractivity contribution >= 4 is 5.91 Å². The van der Waals surface area contributed by atoms with E-state index in [1.807, 2.05) is 38.1 Å². The lowest BCUT2D eigenvalue weighted by atomic mass is 9.97. The van der Waals surface area contributed by atoms with Crippen molar-refractivity contribution in [3.8, 4) is 5.75 Å². The van der Waals surface area contributed by atoms with Crippen molar-refractivity contribution in [1.82, 2.24) is 5.32 Å². The fourth-order valence-electron chi connectivity index (χ4n) is 3.19. The molecular weight excluding hydrogens is 334 g/mol. The first kappa shape index (κ1) is 21.0. The van der Waals surface area contributed by atoms with E-state index in [0.29, 0.717) is 11.8 Å². The molecule has 0 saturated heterocycles. The molecule has 3 nitrogen and oxygen atoms in total. The van der Waals surface area contributed by atoms with Crippen LogP contribution in [0, 0.1) is 12.8 Å². The van der Waals surface area contributed by atoms with Gasteiger partial charge < -0.3 is 10.1 Å². The van der Waals surface area contributed by atoms with Gasteiger partial charge in [0.05, 0.1) is 6.04 Å². The van der Waals surface area contributed by atoms with Crippen LogP contribution in [-0.4, -0.2) is 12.0 Å².